The van der Waals surface area contributed by atoms with E-state index in [0.29, 0.717) is 24.5 Å². The zero-order valence-corrected chi connectivity index (χ0v) is 12.4. The quantitative estimate of drug-likeness (QED) is 0.612. The summed E-state index contributed by atoms with van der Waals surface area (Å²) in [4.78, 5) is 9.02. The van der Waals surface area contributed by atoms with Crippen LogP contribution in [0.15, 0.2) is 36.7 Å². The molecule has 0 aliphatic rings. The molecule has 0 saturated carbocycles. The van der Waals surface area contributed by atoms with Gasteiger partial charge in [-0.2, -0.15) is 0 Å². The molecule has 0 spiro atoms. The molecule has 0 atom stereocenters. The Labute approximate surface area is 125 Å². The van der Waals surface area contributed by atoms with Crippen molar-refractivity contribution in [3.05, 3.63) is 48.0 Å². The zero-order valence-electron chi connectivity index (χ0n) is 12.4. The van der Waals surface area contributed by atoms with Crippen LogP contribution in [0.5, 0.6) is 0 Å². The van der Waals surface area contributed by atoms with Gasteiger partial charge in [-0.1, -0.05) is 0 Å². The fourth-order valence-electron chi connectivity index (χ4n) is 2.54. The largest absolute Gasteiger partial charge is 0.397 e. The molecule has 0 bridgehead atoms. The van der Waals surface area contributed by atoms with E-state index in [1.807, 2.05) is 38.4 Å². The molecule has 2 aromatic heterocycles. The van der Waals surface area contributed by atoms with Crippen LogP contribution in [0, 0.1) is 0 Å². The number of pyridine rings is 2. The van der Waals surface area contributed by atoms with Crippen LogP contribution >= 0.6 is 0 Å². The highest BCUT2D eigenvalue weighted by atomic mass is 14.9. The molecule has 6 heteroatoms. The summed E-state index contributed by atoms with van der Waals surface area (Å²) in [6.45, 7) is 1.39. The van der Waals surface area contributed by atoms with Gasteiger partial charge in [-0.25, -0.2) is 0 Å². The first-order valence-electron chi connectivity index (χ1n) is 6.85. The van der Waals surface area contributed by atoms with Crippen LogP contribution in [0.4, 0.5) is 11.4 Å². The number of aromatic nitrogens is 2. The van der Waals surface area contributed by atoms with E-state index in [2.05, 4.69) is 20.6 Å². The standard InChI is InChI=1S/C15H22N6/c1-18-9-15(10-19-2,13-5-3-11(16)7-20-13)14-6-4-12(17)8-21-14/h3-8,18-19H,9-10,16-17H2,1-2H3. The average Bonchev–Trinajstić information content (AvgIpc) is 2.48. The molecule has 0 aliphatic carbocycles. The van der Waals surface area contributed by atoms with Gasteiger partial charge in [-0.05, 0) is 38.4 Å². The molecule has 112 valence electrons. The normalized spacial score (nSPS) is 11.5. The molecule has 0 aromatic carbocycles. The molecule has 0 unspecified atom stereocenters. The van der Waals surface area contributed by atoms with Gasteiger partial charge in [0.1, 0.15) is 0 Å². The molecular weight excluding hydrogens is 264 g/mol. The Bertz CT molecular complexity index is 510. The van der Waals surface area contributed by atoms with Gasteiger partial charge >= 0.3 is 0 Å². The van der Waals surface area contributed by atoms with E-state index in [1.165, 1.54) is 0 Å². The Hall–Kier alpha value is -2.18. The molecule has 2 heterocycles. The number of hydrogen-bond donors (Lipinski definition) is 4. The highest BCUT2D eigenvalue weighted by Gasteiger charge is 2.36. The molecule has 0 saturated heterocycles. The lowest BCUT2D eigenvalue weighted by Crippen LogP contribution is -2.46. The fourth-order valence-corrected chi connectivity index (χ4v) is 2.54. The first kappa shape index (κ1) is 15.2. The Kier molecular flexibility index (Phi) is 4.72. The molecule has 0 radical (unpaired) electrons. The molecule has 0 fully saturated rings. The number of nitrogens with two attached hydrogens (primary N) is 2. The Morgan fingerprint density at radius 1 is 0.857 bits per heavy atom. The van der Waals surface area contributed by atoms with E-state index in [4.69, 9.17) is 11.5 Å². The number of anilines is 2. The molecule has 21 heavy (non-hydrogen) atoms. The Balaban J connectivity index is 2.56. The van der Waals surface area contributed by atoms with Crippen molar-refractivity contribution in [1.29, 1.82) is 0 Å². The Morgan fingerprint density at radius 2 is 1.29 bits per heavy atom. The van der Waals surface area contributed by atoms with Crippen molar-refractivity contribution in [2.24, 2.45) is 0 Å². The summed E-state index contributed by atoms with van der Waals surface area (Å²) >= 11 is 0. The fraction of sp³-hybridized carbons (Fsp3) is 0.333. The molecule has 6 nitrogen and oxygen atoms in total. The average molecular weight is 286 g/mol. The lowest BCUT2D eigenvalue weighted by molar-refractivity contribution is 0.440. The van der Waals surface area contributed by atoms with Crippen molar-refractivity contribution >= 4 is 11.4 Å². The number of hydrogen-bond acceptors (Lipinski definition) is 6. The van der Waals surface area contributed by atoms with Gasteiger partial charge in [0.25, 0.3) is 0 Å². The third-order valence-corrected chi connectivity index (χ3v) is 3.51. The first-order chi connectivity index (χ1) is 10.1. The van der Waals surface area contributed by atoms with Gasteiger partial charge in [0.05, 0.1) is 40.6 Å². The SMILES string of the molecule is CNCC(CNC)(c1ccc(N)cn1)c1ccc(N)cn1. The number of nitrogens with one attached hydrogen (secondary N) is 2. The van der Waals surface area contributed by atoms with Crippen molar-refractivity contribution in [2.45, 2.75) is 5.41 Å². The van der Waals surface area contributed by atoms with Gasteiger partial charge in [0.2, 0.25) is 0 Å². The van der Waals surface area contributed by atoms with Crippen molar-refractivity contribution in [2.75, 3.05) is 38.7 Å². The van der Waals surface area contributed by atoms with Gasteiger partial charge in [0, 0.05) is 13.1 Å². The number of likely N-dealkylation sites (N-methyl/N-ethyl adjacent to an activating group) is 2. The predicted molar refractivity (Wildman–Crippen MR) is 85.9 cm³/mol. The molecule has 2 aromatic rings. The van der Waals surface area contributed by atoms with Crippen LogP contribution < -0.4 is 22.1 Å². The monoisotopic (exact) mass is 286 g/mol. The number of nitrogen functional groups attached to an aromatic ring is 2. The molecule has 6 N–H and O–H groups in total. The van der Waals surface area contributed by atoms with E-state index >= 15 is 0 Å². The lowest BCUT2D eigenvalue weighted by Gasteiger charge is -2.32. The second-order valence-corrected chi connectivity index (χ2v) is 5.10. The predicted octanol–water partition coefficient (Wildman–Crippen LogP) is 0.366. The van der Waals surface area contributed by atoms with Crippen molar-refractivity contribution < 1.29 is 0 Å². The number of rotatable bonds is 6. The topological polar surface area (TPSA) is 102 Å². The second kappa shape index (κ2) is 6.51. The highest BCUT2D eigenvalue weighted by Crippen LogP contribution is 2.29. The first-order valence-corrected chi connectivity index (χ1v) is 6.85. The minimum absolute atomic E-state index is 0.384. The van der Waals surface area contributed by atoms with Crippen LogP contribution in [0.25, 0.3) is 0 Å². The molecular formula is C15H22N6. The van der Waals surface area contributed by atoms with E-state index in [9.17, 15) is 0 Å². The van der Waals surface area contributed by atoms with Gasteiger partial charge < -0.3 is 22.1 Å². The highest BCUT2D eigenvalue weighted by molar-refractivity contribution is 5.43. The Morgan fingerprint density at radius 3 is 1.57 bits per heavy atom. The molecule has 2 rings (SSSR count). The van der Waals surface area contributed by atoms with Crippen LogP contribution in [0.1, 0.15) is 11.4 Å². The summed E-state index contributed by atoms with van der Waals surface area (Å²) in [5.74, 6) is 0. The van der Waals surface area contributed by atoms with Crippen LogP contribution in [0.3, 0.4) is 0 Å². The molecule has 0 amide bonds. The minimum Gasteiger partial charge on any atom is -0.397 e. The van der Waals surface area contributed by atoms with E-state index in [1.54, 1.807) is 12.4 Å². The summed E-state index contributed by atoms with van der Waals surface area (Å²) in [6, 6.07) is 7.61. The summed E-state index contributed by atoms with van der Waals surface area (Å²) in [6.07, 6.45) is 3.35. The zero-order chi connectivity index (χ0) is 15.3. The lowest BCUT2D eigenvalue weighted by atomic mass is 9.79. The maximum Gasteiger partial charge on any atom is 0.0795 e. The molecule has 0 aliphatic heterocycles. The van der Waals surface area contributed by atoms with Crippen LogP contribution in [-0.2, 0) is 5.41 Å². The van der Waals surface area contributed by atoms with E-state index in [-0.39, 0.29) is 5.41 Å². The van der Waals surface area contributed by atoms with Crippen LogP contribution in [-0.4, -0.2) is 37.2 Å². The maximum absolute atomic E-state index is 5.75. The summed E-state index contributed by atoms with van der Waals surface area (Å²) in [7, 11) is 3.83. The number of nitrogens with zero attached hydrogens (tertiary/aromatic N) is 2. The minimum atomic E-state index is -0.384. The summed E-state index contributed by atoms with van der Waals surface area (Å²) < 4.78 is 0. The van der Waals surface area contributed by atoms with Gasteiger partial charge in [-0.3, -0.25) is 9.97 Å². The third-order valence-electron chi connectivity index (χ3n) is 3.51. The van der Waals surface area contributed by atoms with Crippen LogP contribution in [0.2, 0.25) is 0 Å². The van der Waals surface area contributed by atoms with Gasteiger partial charge in [0.15, 0.2) is 0 Å². The van der Waals surface area contributed by atoms with Gasteiger partial charge in [-0.15, -0.1) is 0 Å². The smallest absolute Gasteiger partial charge is 0.0795 e. The maximum atomic E-state index is 5.75. The summed E-state index contributed by atoms with van der Waals surface area (Å²) in [5, 5.41) is 6.47. The third kappa shape index (κ3) is 3.12. The van der Waals surface area contributed by atoms with Crippen molar-refractivity contribution in [3.8, 4) is 0 Å². The summed E-state index contributed by atoms with van der Waals surface area (Å²) in [5.41, 5.74) is 14.2. The second-order valence-electron chi connectivity index (χ2n) is 5.10. The van der Waals surface area contributed by atoms with E-state index < -0.39 is 0 Å². The van der Waals surface area contributed by atoms with Crippen molar-refractivity contribution in [1.82, 2.24) is 20.6 Å². The van der Waals surface area contributed by atoms with Crippen molar-refractivity contribution in [3.63, 3.8) is 0 Å². The van der Waals surface area contributed by atoms with E-state index in [0.717, 1.165) is 11.4 Å².